The summed E-state index contributed by atoms with van der Waals surface area (Å²) in [5.41, 5.74) is 6.15. The number of hydrogen-bond donors (Lipinski definition) is 1. The van der Waals surface area contributed by atoms with Gasteiger partial charge in [-0.2, -0.15) is 0 Å². The van der Waals surface area contributed by atoms with Crippen molar-refractivity contribution in [3.63, 3.8) is 0 Å². The predicted octanol–water partition coefficient (Wildman–Crippen LogP) is 2.71. The van der Waals surface area contributed by atoms with Crippen molar-refractivity contribution in [1.29, 1.82) is 0 Å². The summed E-state index contributed by atoms with van der Waals surface area (Å²) in [6.07, 6.45) is 9.13. The van der Waals surface area contributed by atoms with Crippen LogP contribution in [0, 0.1) is 5.92 Å². The van der Waals surface area contributed by atoms with Crippen LogP contribution in [-0.4, -0.2) is 19.3 Å². The third kappa shape index (κ3) is 4.43. The maximum Gasteiger partial charge on any atom is 0.0466 e. The van der Waals surface area contributed by atoms with E-state index in [4.69, 9.17) is 10.5 Å². The van der Waals surface area contributed by atoms with Crippen molar-refractivity contribution in [1.82, 2.24) is 0 Å². The van der Waals surface area contributed by atoms with Gasteiger partial charge in [0.1, 0.15) is 0 Å². The molecule has 1 aliphatic carbocycles. The molecule has 0 aromatic carbocycles. The summed E-state index contributed by atoms with van der Waals surface area (Å²) >= 11 is 0. The van der Waals surface area contributed by atoms with Crippen LogP contribution >= 0.6 is 0 Å². The molecule has 0 spiro atoms. The third-order valence-electron chi connectivity index (χ3n) is 3.29. The smallest absolute Gasteiger partial charge is 0.0466 e. The molecule has 2 N–H and O–H groups in total. The molecule has 2 heteroatoms. The fourth-order valence-electron chi connectivity index (χ4n) is 2.36. The molecule has 0 aromatic heterocycles. The predicted molar refractivity (Wildman–Crippen MR) is 60.3 cm³/mol. The normalized spacial score (nSPS) is 28.7. The first-order valence-electron chi connectivity index (χ1n) is 6.18. The lowest BCUT2D eigenvalue weighted by Crippen LogP contribution is -2.29. The Morgan fingerprint density at radius 3 is 2.79 bits per heavy atom. The summed E-state index contributed by atoms with van der Waals surface area (Å²) in [5, 5.41) is 0. The van der Waals surface area contributed by atoms with Crippen LogP contribution in [0.2, 0.25) is 0 Å². The van der Waals surface area contributed by atoms with E-state index in [1.54, 1.807) is 0 Å². The monoisotopic (exact) mass is 199 g/mol. The fourth-order valence-corrected chi connectivity index (χ4v) is 2.36. The number of rotatable bonds is 5. The van der Waals surface area contributed by atoms with Gasteiger partial charge in [0.25, 0.3) is 0 Å². The average molecular weight is 199 g/mol. The van der Waals surface area contributed by atoms with Crippen LogP contribution in [0.1, 0.15) is 51.9 Å². The molecule has 1 rings (SSSR count). The molecule has 1 saturated carbocycles. The maximum atomic E-state index is 6.15. The second-order valence-electron chi connectivity index (χ2n) is 4.40. The summed E-state index contributed by atoms with van der Waals surface area (Å²) in [4.78, 5) is 0. The van der Waals surface area contributed by atoms with Gasteiger partial charge >= 0.3 is 0 Å². The van der Waals surface area contributed by atoms with E-state index in [-0.39, 0.29) is 0 Å². The molecule has 2 atom stereocenters. The molecule has 2 nitrogen and oxygen atoms in total. The van der Waals surface area contributed by atoms with Gasteiger partial charge in [-0.15, -0.1) is 0 Å². The van der Waals surface area contributed by atoms with Crippen molar-refractivity contribution >= 4 is 0 Å². The highest BCUT2D eigenvalue weighted by Crippen LogP contribution is 2.25. The van der Waals surface area contributed by atoms with Crippen molar-refractivity contribution in [2.45, 2.75) is 57.9 Å². The molecule has 14 heavy (non-hydrogen) atoms. The Bertz CT molecular complexity index is 138. The van der Waals surface area contributed by atoms with Gasteiger partial charge < -0.3 is 10.5 Å². The average Bonchev–Trinajstić information content (AvgIpc) is 2.39. The van der Waals surface area contributed by atoms with Crippen LogP contribution in [0.5, 0.6) is 0 Å². The van der Waals surface area contributed by atoms with Gasteiger partial charge in [0.15, 0.2) is 0 Å². The van der Waals surface area contributed by atoms with E-state index in [0.717, 1.165) is 19.1 Å². The summed E-state index contributed by atoms with van der Waals surface area (Å²) < 4.78 is 5.35. The minimum atomic E-state index is 0.458. The summed E-state index contributed by atoms with van der Waals surface area (Å²) in [6, 6.07) is 0.458. The minimum Gasteiger partial charge on any atom is -0.382 e. The standard InChI is InChI=1S/C12H25NO/c1-2-14-10-6-8-11-7-4-3-5-9-12(11)13/h11-12H,2-10,13H2,1H3. The van der Waals surface area contributed by atoms with Crippen LogP contribution in [0.4, 0.5) is 0 Å². The van der Waals surface area contributed by atoms with E-state index in [9.17, 15) is 0 Å². The summed E-state index contributed by atoms with van der Waals surface area (Å²) in [7, 11) is 0. The zero-order valence-electron chi connectivity index (χ0n) is 9.50. The minimum absolute atomic E-state index is 0.458. The highest BCUT2D eigenvalue weighted by atomic mass is 16.5. The zero-order valence-corrected chi connectivity index (χ0v) is 9.50. The van der Waals surface area contributed by atoms with Crippen molar-refractivity contribution < 1.29 is 4.74 Å². The number of nitrogens with two attached hydrogens (primary N) is 1. The van der Waals surface area contributed by atoms with Gasteiger partial charge in [-0.1, -0.05) is 19.3 Å². The molecule has 0 heterocycles. The largest absolute Gasteiger partial charge is 0.382 e. The van der Waals surface area contributed by atoms with E-state index >= 15 is 0 Å². The lowest BCUT2D eigenvalue weighted by molar-refractivity contribution is 0.137. The topological polar surface area (TPSA) is 35.2 Å². The van der Waals surface area contributed by atoms with Gasteiger partial charge in [-0.25, -0.2) is 0 Å². The van der Waals surface area contributed by atoms with Crippen LogP contribution < -0.4 is 5.73 Å². The van der Waals surface area contributed by atoms with Crippen LogP contribution in [0.3, 0.4) is 0 Å². The first kappa shape index (κ1) is 12.0. The van der Waals surface area contributed by atoms with E-state index in [2.05, 4.69) is 6.92 Å². The van der Waals surface area contributed by atoms with Crippen LogP contribution in [0.25, 0.3) is 0 Å². The Hall–Kier alpha value is -0.0800. The lowest BCUT2D eigenvalue weighted by Gasteiger charge is -2.20. The Morgan fingerprint density at radius 1 is 1.21 bits per heavy atom. The molecular formula is C12H25NO. The second-order valence-corrected chi connectivity index (χ2v) is 4.40. The molecule has 1 fully saturated rings. The Morgan fingerprint density at radius 2 is 2.00 bits per heavy atom. The number of ether oxygens (including phenoxy) is 1. The Balaban J connectivity index is 2.13. The van der Waals surface area contributed by atoms with Crippen molar-refractivity contribution in [2.75, 3.05) is 13.2 Å². The van der Waals surface area contributed by atoms with Gasteiger partial charge in [-0.05, 0) is 38.5 Å². The van der Waals surface area contributed by atoms with Crippen molar-refractivity contribution in [3.8, 4) is 0 Å². The lowest BCUT2D eigenvalue weighted by atomic mass is 9.91. The molecule has 1 aliphatic rings. The van der Waals surface area contributed by atoms with Gasteiger partial charge in [-0.3, -0.25) is 0 Å². The molecule has 84 valence electrons. The Kier molecular flexibility index (Phi) is 6.20. The highest BCUT2D eigenvalue weighted by Gasteiger charge is 2.19. The number of hydrogen-bond acceptors (Lipinski definition) is 2. The second kappa shape index (κ2) is 7.24. The van der Waals surface area contributed by atoms with E-state index in [1.807, 2.05) is 0 Å². The molecular weight excluding hydrogens is 174 g/mol. The molecule has 0 aromatic rings. The zero-order chi connectivity index (χ0) is 10.2. The third-order valence-corrected chi connectivity index (χ3v) is 3.29. The first-order valence-corrected chi connectivity index (χ1v) is 6.18. The van der Waals surface area contributed by atoms with E-state index < -0.39 is 0 Å². The summed E-state index contributed by atoms with van der Waals surface area (Å²) in [5.74, 6) is 0.762. The molecule has 2 unspecified atom stereocenters. The molecule has 0 bridgehead atoms. The Labute approximate surface area is 88.2 Å². The fraction of sp³-hybridized carbons (Fsp3) is 1.00. The van der Waals surface area contributed by atoms with Crippen molar-refractivity contribution in [2.24, 2.45) is 11.7 Å². The quantitative estimate of drug-likeness (QED) is 0.546. The molecule has 0 radical (unpaired) electrons. The van der Waals surface area contributed by atoms with E-state index in [1.165, 1.54) is 44.9 Å². The van der Waals surface area contributed by atoms with Gasteiger partial charge in [0.2, 0.25) is 0 Å². The van der Waals surface area contributed by atoms with Crippen LogP contribution in [-0.2, 0) is 4.74 Å². The molecule has 0 aliphatic heterocycles. The van der Waals surface area contributed by atoms with Gasteiger partial charge in [0.05, 0.1) is 0 Å². The maximum absolute atomic E-state index is 6.15. The first-order chi connectivity index (χ1) is 6.84. The van der Waals surface area contributed by atoms with Crippen molar-refractivity contribution in [3.05, 3.63) is 0 Å². The highest BCUT2D eigenvalue weighted by molar-refractivity contribution is 4.76. The molecule has 0 saturated heterocycles. The van der Waals surface area contributed by atoms with E-state index in [0.29, 0.717) is 6.04 Å². The van der Waals surface area contributed by atoms with Gasteiger partial charge in [0, 0.05) is 19.3 Å². The summed E-state index contributed by atoms with van der Waals surface area (Å²) in [6.45, 7) is 3.81. The molecule has 0 amide bonds. The SMILES string of the molecule is CCOCCCC1CCCCCC1N. The van der Waals surface area contributed by atoms with Crippen LogP contribution in [0.15, 0.2) is 0 Å².